The Hall–Kier alpha value is -1.75. The summed E-state index contributed by atoms with van der Waals surface area (Å²) in [7, 11) is 1.59. The lowest BCUT2D eigenvalue weighted by Gasteiger charge is -2.60. The van der Waals surface area contributed by atoms with Crippen LogP contribution < -0.4 is 15.0 Å². The number of ether oxygens (including phenoxy) is 1. The normalized spacial score (nSPS) is 38.9. The molecule has 0 spiro atoms. The van der Waals surface area contributed by atoms with Crippen LogP contribution in [0.25, 0.3) is 0 Å². The van der Waals surface area contributed by atoms with Crippen molar-refractivity contribution in [1.29, 1.82) is 0 Å². The summed E-state index contributed by atoms with van der Waals surface area (Å²) in [5, 5.41) is 2.64. The van der Waals surface area contributed by atoms with Gasteiger partial charge in [0.15, 0.2) is 6.10 Å². The van der Waals surface area contributed by atoms with Crippen molar-refractivity contribution in [2.45, 2.75) is 49.5 Å². The molecular weight excluding hydrogens is 364 g/mol. The van der Waals surface area contributed by atoms with Gasteiger partial charge < -0.3 is 15.0 Å². The molecule has 4 saturated carbocycles. The summed E-state index contributed by atoms with van der Waals surface area (Å²) in [5.74, 6) is 1.63. The molecule has 3 atom stereocenters. The Kier molecular flexibility index (Phi) is 3.77. The van der Waals surface area contributed by atoms with E-state index in [0.29, 0.717) is 17.6 Å². The molecule has 0 radical (unpaired) electrons. The molecule has 1 aromatic carbocycles. The molecule has 2 amide bonds. The van der Waals surface area contributed by atoms with E-state index in [4.69, 9.17) is 16.3 Å². The summed E-state index contributed by atoms with van der Waals surface area (Å²) in [6.45, 7) is 0.252. The van der Waals surface area contributed by atoms with Gasteiger partial charge in [-0.25, -0.2) is 0 Å². The zero-order valence-corrected chi connectivity index (χ0v) is 16.3. The Morgan fingerprint density at radius 2 is 1.89 bits per heavy atom. The second-order valence-corrected chi connectivity index (χ2v) is 9.80. The molecule has 1 N–H and O–H groups in total. The van der Waals surface area contributed by atoms with E-state index >= 15 is 0 Å². The predicted molar refractivity (Wildman–Crippen MR) is 103 cm³/mol. The molecule has 3 unspecified atom stereocenters. The molecule has 6 heteroatoms. The number of fused-ring (bicyclic) bond motifs is 1. The maximum atomic E-state index is 13.9. The van der Waals surface area contributed by atoms with Crippen molar-refractivity contribution in [3.05, 3.63) is 24.3 Å². The predicted octanol–water partition coefficient (Wildman–Crippen LogP) is 3.10. The number of halogens is 1. The van der Waals surface area contributed by atoms with Crippen LogP contribution in [0.5, 0.6) is 5.75 Å². The van der Waals surface area contributed by atoms with E-state index in [1.165, 1.54) is 6.42 Å². The molecule has 1 aliphatic heterocycles. The third kappa shape index (κ3) is 2.65. The third-order valence-corrected chi connectivity index (χ3v) is 7.44. The number of likely N-dealkylation sites (N-methyl/N-ethyl adjacent to an activating group) is 1. The van der Waals surface area contributed by atoms with E-state index in [9.17, 15) is 9.59 Å². The number of alkyl halides is 1. The van der Waals surface area contributed by atoms with Crippen LogP contribution in [-0.4, -0.2) is 36.4 Å². The molecule has 0 saturated heterocycles. The third-order valence-electron chi connectivity index (χ3n) is 7.00. The van der Waals surface area contributed by atoms with Gasteiger partial charge in [-0.1, -0.05) is 12.1 Å². The minimum atomic E-state index is -0.687. The van der Waals surface area contributed by atoms with Crippen LogP contribution >= 0.6 is 11.6 Å². The highest BCUT2D eigenvalue weighted by atomic mass is 35.5. The van der Waals surface area contributed by atoms with E-state index in [1.54, 1.807) is 11.9 Å². The molecule has 0 aromatic heterocycles. The van der Waals surface area contributed by atoms with E-state index in [0.717, 1.165) is 37.8 Å². The van der Waals surface area contributed by atoms with E-state index in [2.05, 4.69) is 5.32 Å². The van der Waals surface area contributed by atoms with Crippen molar-refractivity contribution in [1.82, 2.24) is 5.32 Å². The van der Waals surface area contributed by atoms with Gasteiger partial charge in [0, 0.05) is 11.9 Å². The lowest BCUT2D eigenvalue weighted by molar-refractivity contribution is -0.142. The number of nitrogens with zero attached hydrogens (tertiary/aromatic N) is 1. The van der Waals surface area contributed by atoms with Gasteiger partial charge in [-0.15, -0.1) is 11.6 Å². The molecule has 4 fully saturated rings. The fraction of sp³-hybridized carbons (Fsp3) is 0.619. The molecule has 5 nitrogen and oxygen atoms in total. The number of amides is 2. The van der Waals surface area contributed by atoms with Crippen molar-refractivity contribution < 1.29 is 14.3 Å². The topological polar surface area (TPSA) is 58.6 Å². The Labute approximate surface area is 164 Å². The van der Waals surface area contributed by atoms with Crippen molar-refractivity contribution in [2.24, 2.45) is 17.3 Å². The van der Waals surface area contributed by atoms with E-state index < -0.39 is 6.10 Å². The molecule has 5 aliphatic rings. The highest BCUT2D eigenvalue weighted by Crippen LogP contribution is 2.64. The number of carbonyl (C=O) groups excluding carboxylic acids is 2. The summed E-state index contributed by atoms with van der Waals surface area (Å²) in [5.41, 5.74) is 0.380. The SMILES string of the molecule is CNC(=O)C1CN(C(=O)C23CC4CC(CC(Cl)(C4)C2)C3)c2ccccc2O1. The summed E-state index contributed by atoms with van der Waals surface area (Å²) in [4.78, 5) is 27.7. The highest BCUT2D eigenvalue weighted by Gasteiger charge is 2.61. The zero-order valence-electron chi connectivity index (χ0n) is 15.5. The van der Waals surface area contributed by atoms with Crippen LogP contribution in [0.1, 0.15) is 38.5 Å². The van der Waals surface area contributed by atoms with Crippen molar-refractivity contribution in [3.63, 3.8) is 0 Å². The number of hydrogen-bond acceptors (Lipinski definition) is 3. The molecule has 144 valence electrons. The molecule has 4 bridgehead atoms. The van der Waals surface area contributed by atoms with Gasteiger partial charge >= 0.3 is 0 Å². The molecule has 4 aliphatic carbocycles. The number of anilines is 1. The maximum Gasteiger partial charge on any atom is 0.262 e. The van der Waals surface area contributed by atoms with Gasteiger partial charge in [0.1, 0.15) is 5.75 Å². The van der Waals surface area contributed by atoms with E-state index in [1.807, 2.05) is 24.3 Å². The minimum Gasteiger partial charge on any atom is -0.477 e. The second kappa shape index (κ2) is 5.87. The molecule has 6 rings (SSSR count). The largest absolute Gasteiger partial charge is 0.477 e. The quantitative estimate of drug-likeness (QED) is 0.792. The summed E-state index contributed by atoms with van der Waals surface area (Å²) >= 11 is 6.95. The number of nitrogens with one attached hydrogen (secondary N) is 1. The summed E-state index contributed by atoms with van der Waals surface area (Å²) in [6, 6.07) is 7.51. The smallest absolute Gasteiger partial charge is 0.262 e. The van der Waals surface area contributed by atoms with Gasteiger partial charge in [0.05, 0.1) is 17.6 Å². The standard InChI is InChI=1S/C21H25ClN2O3/c1-23-18(25)17-11-24(15-4-2-3-5-16(15)27-17)19(26)20-7-13-6-14(8-20)10-21(22,9-13)12-20/h2-5,13-14,17H,6-12H2,1H3,(H,23,25). The van der Waals surface area contributed by atoms with Crippen LogP contribution in [-0.2, 0) is 9.59 Å². The second-order valence-electron chi connectivity index (χ2n) is 9.00. The lowest BCUT2D eigenvalue weighted by atomic mass is 9.49. The number of rotatable bonds is 2. The molecular formula is C21H25ClN2O3. The average molecular weight is 389 g/mol. The highest BCUT2D eigenvalue weighted by molar-refractivity contribution is 6.24. The van der Waals surface area contributed by atoms with Gasteiger partial charge in [0.2, 0.25) is 5.91 Å². The Balaban J connectivity index is 1.51. The Morgan fingerprint density at radius 1 is 1.19 bits per heavy atom. The number of para-hydroxylation sites is 2. The number of hydrogen-bond donors (Lipinski definition) is 1. The summed E-state index contributed by atoms with van der Waals surface area (Å²) in [6.07, 6.45) is 5.23. The monoisotopic (exact) mass is 388 g/mol. The van der Waals surface area contributed by atoms with Gasteiger partial charge in [-0.2, -0.15) is 0 Å². The zero-order chi connectivity index (χ0) is 18.8. The van der Waals surface area contributed by atoms with Gasteiger partial charge in [0.25, 0.3) is 5.91 Å². The van der Waals surface area contributed by atoms with Gasteiger partial charge in [-0.3, -0.25) is 9.59 Å². The number of carbonyl (C=O) groups is 2. The fourth-order valence-electron chi connectivity index (χ4n) is 6.41. The van der Waals surface area contributed by atoms with Crippen LogP contribution in [0.4, 0.5) is 5.69 Å². The maximum absolute atomic E-state index is 13.9. The van der Waals surface area contributed by atoms with Crippen molar-refractivity contribution in [3.8, 4) is 5.75 Å². The van der Waals surface area contributed by atoms with Crippen LogP contribution in [0.2, 0.25) is 0 Å². The average Bonchev–Trinajstić information content (AvgIpc) is 2.64. The van der Waals surface area contributed by atoms with Gasteiger partial charge in [-0.05, 0) is 62.5 Å². The van der Waals surface area contributed by atoms with Crippen LogP contribution in [0, 0.1) is 17.3 Å². The molecule has 1 aromatic rings. The first-order valence-corrected chi connectivity index (χ1v) is 10.3. The number of benzene rings is 1. The Morgan fingerprint density at radius 3 is 2.56 bits per heavy atom. The molecule has 27 heavy (non-hydrogen) atoms. The summed E-state index contributed by atoms with van der Waals surface area (Å²) < 4.78 is 5.87. The first-order valence-electron chi connectivity index (χ1n) is 9.90. The van der Waals surface area contributed by atoms with Crippen molar-refractivity contribution >= 4 is 29.1 Å². The van der Waals surface area contributed by atoms with Crippen molar-refractivity contribution in [2.75, 3.05) is 18.5 Å². The van der Waals surface area contributed by atoms with Crippen LogP contribution in [0.15, 0.2) is 24.3 Å². The molecule has 1 heterocycles. The minimum absolute atomic E-state index is 0.131. The lowest BCUT2D eigenvalue weighted by Crippen LogP contribution is -2.61. The van der Waals surface area contributed by atoms with E-state index in [-0.39, 0.29) is 28.6 Å². The first-order chi connectivity index (χ1) is 12.9. The fourth-order valence-corrected chi connectivity index (χ4v) is 7.10. The van der Waals surface area contributed by atoms with Crippen LogP contribution in [0.3, 0.4) is 0 Å². The first kappa shape index (κ1) is 17.4. The Bertz CT molecular complexity index is 796.